The number of aromatic amines is 1. The standard InChI is InChI=1S/C14H13ClN4O2/c15-10-4-2-1-3-9(10)11-7-12(18-17-11)14(21)19-6-5-16-13(20)8-19/h1-4,7H,5-6,8H2,(H,16,20)(H,17,18). The topological polar surface area (TPSA) is 78.1 Å². The first-order valence-corrected chi connectivity index (χ1v) is 6.89. The van der Waals surface area contributed by atoms with Gasteiger partial charge in [-0.1, -0.05) is 29.8 Å². The molecule has 1 aliphatic rings. The molecular formula is C14H13ClN4O2. The largest absolute Gasteiger partial charge is 0.353 e. The van der Waals surface area contributed by atoms with Crippen molar-refractivity contribution in [3.63, 3.8) is 0 Å². The first-order chi connectivity index (χ1) is 10.1. The van der Waals surface area contributed by atoms with E-state index < -0.39 is 0 Å². The lowest BCUT2D eigenvalue weighted by Crippen LogP contribution is -2.50. The zero-order valence-electron chi connectivity index (χ0n) is 11.1. The number of amides is 2. The molecule has 0 radical (unpaired) electrons. The smallest absolute Gasteiger partial charge is 0.272 e. The van der Waals surface area contributed by atoms with Gasteiger partial charge in [-0.25, -0.2) is 0 Å². The van der Waals surface area contributed by atoms with Crippen molar-refractivity contribution in [3.05, 3.63) is 41.0 Å². The number of hydrogen-bond acceptors (Lipinski definition) is 3. The van der Waals surface area contributed by atoms with Gasteiger partial charge in [-0.05, 0) is 12.1 Å². The summed E-state index contributed by atoms with van der Waals surface area (Å²) in [5, 5.41) is 10.1. The van der Waals surface area contributed by atoms with Crippen LogP contribution in [0.2, 0.25) is 5.02 Å². The molecule has 7 heteroatoms. The van der Waals surface area contributed by atoms with Gasteiger partial charge in [0.05, 0.1) is 17.3 Å². The maximum atomic E-state index is 12.3. The van der Waals surface area contributed by atoms with Crippen LogP contribution in [-0.2, 0) is 4.79 Å². The average molecular weight is 305 g/mol. The number of hydrogen-bond donors (Lipinski definition) is 2. The molecule has 0 saturated carbocycles. The summed E-state index contributed by atoms with van der Waals surface area (Å²) in [4.78, 5) is 25.1. The monoisotopic (exact) mass is 304 g/mol. The summed E-state index contributed by atoms with van der Waals surface area (Å²) < 4.78 is 0. The lowest BCUT2D eigenvalue weighted by molar-refractivity contribution is -0.123. The van der Waals surface area contributed by atoms with Crippen molar-refractivity contribution in [2.24, 2.45) is 0 Å². The van der Waals surface area contributed by atoms with Crippen molar-refractivity contribution in [2.75, 3.05) is 19.6 Å². The summed E-state index contributed by atoms with van der Waals surface area (Å²) >= 11 is 6.11. The minimum atomic E-state index is -0.240. The van der Waals surface area contributed by atoms with E-state index in [4.69, 9.17) is 11.6 Å². The Morgan fingerprint density at radius 2 is 2.14 bits per heavy atom. The van der Waals surface area contributed by atoms with Gasteiger partial charge >= 0.3 is 0 Å². The Bertz CT molecular complexity index is 698. The molecule has 0 atom stereocenters. The van der Waals surface area contributed by atoms with E-state index in [0.717, 1.165) is 5.56 Å². The molecule has 1 fully saturated rings. The molecule has 1 aromatic heterocycles. The van der Waals surface area contributed by atoms with Gasteiger partial charge in [-0.15, -0.1) is 0 Å². The van der Waals surface area contributed by atoms with Gasteiger partial charge in [0.1, 0.15) is 5.69 Å². The van der Waals surface area contributed by atoms with Gasteiger partial charge in [0.2, 0.25) is 5.91 Å². The van der Waals surface area contributed by atoms with E-state index in [9.17, 15) is 9.59 Å². The minimum Gasteiger partial charge on any atom is -0.353 e. The number of benzene rings is 1. The second kappa shape index (κ2) is 5.57. The van der Waals surface area contributed by atoms with E-state index in [1.807, 2.05) is 18.2 Å². The van der Waals surface area contributed by atoms with Crippen LogP contribution in [0.25, 0.3) is 11.3 Å². The van der Waals surface area contributed by atoms with Crippen molar-refractivity contribution in [1.82, 2.24) is 20.4 Å². The normalized spacial score (nSPS) is 14.9. The highest BCUT2D eigenvalue weighted by molar-refractivity contribution is 6.33. The number of piperazine rings is 1. The number of carbonyl (C=O) groups is 2. The number of halogens is 1. The van der Waals surface area contributed by atoms with Gasteiger partial charge in [0, 0.05) is 18.7 Å². The summed E-state index contributed by atoms with van der Waals surface area (Å²) in [7, 11) is 0. The number of aromatic nitrogens is 2. The van der Waals surface area contributed by atoms with E-state index >= 15 is 0 Å². The van der Waals surface area contributed by atoms with Gasteiger partial charge in [0.25, 0.3) is 5.91 Å². The molecule has 108 valence electrons. The molecule has 1 saturated heterocycles. The third-order valence-corrected chi connectivity index (χ3v) is 3.61. The highest BCUT2D eigenvalue weighted by atomic mass is 35.5. The summed E-state index contributed by atoms with van der Waals surface area (Å²) in [5.41, 5.74) is 1.70. The lowest BCUT2D eigenvalue weighted by Gasteiger charge is -2.25. The fraction of sp³-hybridized carbons (Fsp3) is 0.214. The second-order valence-electron chi connectivity index (χ2n) is 4.72. The lowest BCUT2D eigenvalue weighted by atomic mass is 10.1. The van der Waals surface area contributed by atoms with Crippen molar-refractivity contribution in [3.8, 4) is 11.3 Å². The predicted octanol–water partition coefficient (Wildman–Crippen LogP) is 1.30. The van der Waals surface area contributed by atoms with E-state index in [0.29, 0.717) is 29.5 Å². The van der Waals surface area contributed by atoms with Gasteiger partial charge in [0.15, 0.2) is 0 Å². The van der Waals surface area contributed by atoms with E-state index in [1.54, 1.807) is 12.1 Å². The predicted molar refractivity (Wildman–Crippen MR) is 77.9 cm³/mol. The zero-order chi connectivity index (χ0) is 14.8. The molecule has 2 amide bonds. The Balaban J connectivity index is 1.83. The second-order valence-corrected chi connectivity index (χ2v) is 5.13. The van der Waals surface area contributed by atoms with Crippen LogP contribution in [0.4, 0.5) is 0 Å². The van der Waals surface area contributed by atoms with Gasteiger partial charge < -0.3 is 10.2 Å². The molecule has 2 N–H and O–H groups in total. The average Bonchev–Trinajstić information content (AvgIpc) is 2.96. The van der Waals surface area contributed by atoms with Crippen LogP contribution in [0.5, 0.6) is 0 Å². The van der Waals surface area contributed by atoms with Crippen molar-refractivity contribution < 1.29 is 9.59 Å². The summed E-state index contributed by atoms with van der Waals surface area (Å²) in [6.07, 6.45) is 0. The van der Waals surface area contributed by atoms with Crippen molar-refractivity contribution >= 4 is 23.4 Å². The fourth-order valence-electron chi connectivity index (χ4n) is 2.22. The van der Waals surface area contributed by atoms with E-state index in [2.05, 4.69) is 15.5 Å². The van der Waals surface area contributed by atoms with Crippen LogP contribution in [0, 0.1) is 0 Å². The van der Waals surface area contributed by atoms with Crippen molar-refractivity contribution in [1.29, 1.82) is 0 Å². The number of carbonyl (C=O) groups excluding carboxylic acids is 2. The Labute approximate surface area is 126 Å². The zero-order valence-corrected chi connectivity index (χ0v) is 11.9. The van der Waals surface area contributed by atoms with Gasteiger partial charge in [-0.2, -0.15) is 5.10 Å². The van der Waals surface area contributed by atoms with Gasteiger partial charge in [-0.3, -0.25) is 14.7 Å². The van der Waals surface area contributed by atoms with E-state index in [-0.39, 0.29) is 18.4 Å². The maximum Gasteiger partial charge on any atom is 0.272 e. The SMILES string of the molecule is O=C1CN(C(=O)c2cc(-c3ccccc3Cl)n[nH]2)CCN1. The molecular weight excluding hydrogens is 292 g/mol. The quantitative estimate of drug-likeness (QED) is 0.878. The number of nitrogens with one attached hydrogen (secondary N) is 2. The highest BCUT2D eigenvalue weighted by Gasteiger charge is 2.24. The van der Waals surface area contributed by atoms with E-state index in [1.165, 1.54) is 4.90 Å². The van der Waals surface area contributed by atoms with Crippen LogP contribution in [0.15, 0.2) is 30.3 Å². The molecule has 0 spiro atoms. The summed E-state index contributed by atoms with van der Waals surface area (Å²) in [6.45, 7) is 1.03. The Kier molecular flexibility index (Phi) is 3.62. The first-order valence-electron chi connectivity index (χ1n) is 6.51. The summed E-state index contributed by atoms with van der Waals surface area (Å²) in [6, 6.07) is 8.93. The van der Waals surface area contributed by atoms with Crippen LogP contribution >= 0.6 is 11.6 Å². The van der Waals surface area contributed by atoms with Crippen LogP contribution in [0.3, 0.4) is 0 Å². The molecule has 0 unspecified atom stereocenters. The minimum absolute atomic E-state index is 0.0687. The Hall–Kier alpha value is -2.34. The molecule has 2 aromatic rings. The maximum absolute atomic E-state index is 12.3. The molecule has 6 nitrogen and oxygen atoms in total. The Morgan fingerprint density at radius 3 is 2.90 bits per heavy atom. The van der Waals surface area contributed by atoms with Crippen LogP contribution in [-0.4, -0.2) is 46.5 Å². The molecule has 1 aliphatic heterocycles. The summed E-state index contributed by atoms with van der Waals surface area (Å²) in [5.74, 6) is -0.393. The van der Waals surface area contributed by atoms with Crippen molar-refractivity contribution in [2.45, 2.75) is 0 Å². The molecule has 2 heterocycles. The number of nitrogens with zero attached hydrogens (tertiary/aromatic N) is 2. The third-order valence-electron chi connectivity index (χ3n) is 3.28. The molecule has 0 aliphatic carbocycles. The van der Waals surface area contributed by atoms with Crippen LogP contribution in [0.1, 0.15) is 10.5 Å². The number of H-pyrrole nitrogens is 1. The Morgan fingerprint density at radius 1 is 1.33 bits per heavy atom. The molecule has 21 heavy (non-hydrogen) atoms. The first kappa shape index (κ1) is 13.6. The fourth-order valence-corrected chi connectivity index (χ4v) is 2.45. The van der Waals surface area contributed by atoms with Crippen LogP contribution < -0.4 is 5.32 Å². The number of rotatable bonds is 2. The molecule has 1 aromatic carbocycles. The third kappa shape index (κ3) is 2.75. The highest BCUT2D eigenvalue weighted by Crippen LogP contribution is 2.26. The molecule has 0 bridgehead atoms. The molecule has 3 rings (SSSR count).